The van der Waals surface area contributed by atoms with Crippen molar-refractivity contribution in [3.63, 3.8) is 0 Å². The number of likely N-dealkylation sites (tertiary alicyclic amines) is 2. The maximum Gasteiger partial charge on any atom is 0.240 e. The van der Waals surface area contributed by atoms with Crippen molar-refractivity contribution in [1.82, 2.24) is 9.80 Å². The molecule has 5 nitrogen and oxygen atoms in total. The molecule has 118 valence electrons. The molecule has 2 saturated heterocycles. The van der Waals surface area contributed by atoms with Crippen LogP contribution in [0.15, 0.2) is 0 Å². The van der Waals surface area contributed by atoms with Crippen LogP contribution in [0.2, 0.25) is 0 Å². The van der Waals surface area contributed by atoms with Gasteiger partial charge in [0.1, 0.15) is 6.04 Å². The van der Waals surface area contributed by atoms with Crippen molar-refractivity contribution in [1.29, 1.82) is 0 Å². The van der Waals surface area contributed by atoms with E-state index in [1.807, 2.05) is 11.9 Å². The monoisotopic (exact) mass is 293 g/mol. The highest BCUT2D eigenvalue weighted by Gasteiger charge is 2.63. The third kappa shape index (κ3) is 1.93. The molecular formula is C16H27N3O2. The molecule has 0 aromatic rings. The number of nitrogens with zero attached hydrogens (tertiary/aromatic N) is 2. The summed E-state index contributed by atoms with van der Waals surface area (Å²) < 4.78 is 0. The summed E-state index contributed by atoms with van der Waals surface area (Å²) in [5, 5.41) is 0. The predicted octanol–water partition coefficient (Wildman–Crippen LogP) is 0.973. The minimum absolute atomic E-state index is 0.0273. The van der Waals surface area contributed by atoms with Gasteiger partial charge in [-0.05, 0) is 44.7 Å². The second-order valence-electron chi connectivity index (χ2n) is 7.74. The molecule has 4 atom stereocenters. The number of carbonyl (C=O) groups excluding carboxylic acids is 2. The molecule has 0 spiro atoms. The lowest BCUT2D eigenvalue weighted by molar-refractivity contribution is -0.142. The summed E-state index contributed by atoms with van der Waals surface area (Å²) in [5.74, 6) is -0.229. The zero-order chi connectivity index (χ0) is 15.4. The van der Waals surface area contributed by atoms with Crippen LogP contribution in [0.4, 0.5) is 0 Å². The van der Waals surface area contributed by atoms with Crippen molar-refractivity contribution in [3.8, 4) is 0 Å². The highest BCUT2D eigenvalue weighted by Crippen LogP contribution is 2.60. The molecule has 2 amide bonds. The summed E-state index contributed by atoms with van der Waals surface area (Å²) in [4.78, 5) is 29.0. The molecule has 2 aliphatic heterocycles. The Hall–Kier alpha value is -1.10. The summed E-state index contributed by atoms with van der Waals surface area (Å²) in [6.07, 6.45) is 5.14. The maximum atomic E-state index is 13.0. The number of amides is 2. The first kappa shape index (κ1) is 14.8. The highest BCUT2D eigenvalue weighted by atomic mass is 16.2. The molecular weight excluding hydrogens is 266 g/mol. The average Bonchev–Trinajstić information content (AvgIpc) is 2.98. The van der Waals surface area contributed by atoms with E-state index in [-0.39, 0.29) is 28.7 Å². The van der Waals surface area contributed by atoms with Crippen LogP contribution in [0.1, 0.15) is 46.0 Å². The fourth-order valence-corrected chi connectivity index (χ4v) is 5.06. The van der Waals surface area contributed by atoms with E-state index in [2.05, 4.69) is 18.7 Å². The Bertz CT molecular complexity index is 480. The van der Waals surface area contributed by atoms with E-state index in [4.69, 9.17) is 5.73 Å². The average molecular weight is 293 g/mol. The second-order valence-corrected chi connectivity index (χ2v) is 7.74. The largest absolute Gasteiger partial charge is 0.368 e. The smallest absolute Gasteiger partial charge is 0.240 e. The van der Waals surface area contributed by atoms with Crippen molar-refractivity contribution in [2.75, 3.05) is 20.1 Å². The first-order valence-electron chi connectivity index (χ1n) is 8.10. The third-order valence-corrected chi connectivity index (χ3v) is 6.60. The van der Waals surface area contributed by atoms with Gasteiger partial charge < -0.3 is 10.6 Å². The fourth-order valence-electron chi connectivity index (χ4n) is 5.06. The number of primary amides is 1. The Morgan fingerprint density at radius 2 is 1.90 bits per heavy atom. The Balaban J connectivity index is 1.92. The summed E-state index contributed by atoms with van der Waals surface area (Å²) in [6.45, 7) is 6.02. The van der Waals surface area contributed by atoms with Crippen molar-refractivity contribution in [3.05, 3.63) is 0 Å². The molecule has 0 aromatic heterocycles. The number of rotatable bonds is 2. The minimum atomic E-state index is -0.438. The molecule has 2 N–H and O–H groups in total. The Morgan fingerprint density at radius 1 is 1.19 bits per heavy atom. The Morgan fingerprint density at radius 3 is 2.48 bits per heavy atom. The standard InChI is InChI=1S/C16H27N3O2/c1-15-7-5-8-16(15,2)12(13(17)20)19(10-15)14(21)11-6-4-9-18(11)3/h11-12H,4-10H2,1-3H3,(H2,17,20)/t11?,12-,15+,16-/m1/s1. The van der Waals surface area contributed by atoms with Gasteiger partial charge in [0, 0.05) is 12.0 Å². The molecule has 0 aromatic carbocycles. The summed E-state index contributed by atoms with van der Waals surface area (Å²) in [5.41, 5.74) is 5.58. The van der Waals surface area contributed by atoms with Crippen LogP contribution in [0, 0.1) is 10.8 Å². The number of nitrogens with two attached hydrogens (primary N) is 1. The van der Waals surface area contributed by atoms with Gasteiger partial charge >= 0.3 is 0 Å². The van der Waals surface area contributed by atoms with Gasteiger partial charge in [0.15, 0.2) is 0 Å². The second kappa shape index (κ2) is 4.70. The third-order valence-electron chi connectivity index (χ3n) is 6.60. The first-order valence-corrected chi connectivity index (χ1v) is 8.10. The van der Waals surface area contributed by atoms with Crippen LogP contribution >= 0.6 is 0 Å². The number of fused-ring (bicyclic) bond motifs is 1. The van der Waals surface area contributed by atoms with Gasteiger partial charge in [0.25, 0.3) is 0 Å². The lowest BCUT2D eigenvalue weighted by atomic mass is 9.67. The quantitative estimate of drug-likeness (QED) is 0.825. The van der Waals surface area contributed by atoms with Gasteiger partial charge in [-0.15, -0.1) is 0 Å². The van der Waals surface area contributed by atoms with E-state index in [1.54, 1.807) is 0 Å². The molecule has 3 fully saturated rings. The summed E-state index contributed by atoms with van der Waals surface area (Å²) in [7, 11) is 2.00. The molecule has 0 bridgehead atoms. The van der Waals surface area contributed by atoms with Gasteiger partial charge in [-0.25, -0.2) is 0 Å². The van der Waals surface area contributed by atoms with E-state index >= 15 is 0 Å². The van der Waals surface area contributed by atoms with Crippen molar-refractivity contribution in [2.45, 2.75) is 58.0 Å². The van der Waals surface area contributed by atoms with E-state index in [1.165, 1.54) is 0 Å². The molecule has 1 saturated carbocycles. The van der Waals surface area contributed by atoms with Crippen LogP contribution in [0.25, 0.3) is 0 Å². The summed E-state index contributed by atoms with van der Waals surface area (Å²) in [6, 6.07) is -0.510. The zero-order valence-electron chi connectivity index (χ0n) is 13.4. The SMILES string of the molecule is CN1CCCC1C(=O)N1C[C@]2(C)CCC[C@]2(C)[C@H]1C(N)=O. The predicted molar refractivity (Wildman–Crippen MR) is 80.4 cm³/mol. The highest BCUT2D eigenvalue weighted by molar-refractivity contribution is 5.91. The normalized spacial score (nSPS) is 43.3. The Labute approximate surface area is 126 Å². The van der Waals surface area contributed by atoms with Gasteiger partial charge in [-0.3, -0.25) is 14.5 Å². The van der Waals surface area contributed by atoms with Gasteiger partial charge in [-0.2, -0.15) is 0 Å². The zero-order valence-corrected chi connectivity index (χ0v) is 13.4. The number of hydrogen-bond acceptors (Lipinski definition) is 3. The lowest BCUT2D eigenvalue weighted by Gasteiger charge is -2.36. The van der Waals surface area contributed by atoms with Gasteiger partial charge in [0.05, 0.1) is 6.04 Å². The van der Waals surface area contributed by atoms with E-state index in [9.17, 15) is 9.59 Å². The number of hydrogen-bond donors (Lipinski definition) is 1. The lowest BCUT2D eigenvalue weighted by Crippen LogP contribution is -2.54. The van der Waals surface area contributed by atoms with E-state index in [0.717, 1.165) is 38.6 Å². The Kier molecular flexibility index (Phi) is 3.32. The van der Waals surface area contributed by atoms with Crippen molar-refractivity contribution >= 4 is 11.8 Å². The van der Waals surface area contributed by atoms with Gasteiger partial charge in [0.2, 0.25) is 11.8 Å². The molecule has 1 aliphatic carbocycles. The molecule has 0 radical (unpaired) electrons. The van der Waals surface area contributed by atoms with Crippen molar-refractivity contribution < 1.29 is 9.59 Å². The fraction of sp³-hybridized carbons (Fsp3) is 0.875. The van der Waals surface area contributed by atoms with Crippen LogP contribution < -0.4 is 5.73 Å². The minimum Gasteiger partial charge on any atom is -0.368 e. The van der Waals surface area contributed by atoms with Crippen LogP contribution in [0.3, 0.4) is 0 Å². The van der Waals surface area contributed by atoms with E-state index in [0.29, 0.717) is 6.54 Å². The van der Waals surface area contributed by atoms with Gasteiger partial charge in [-0.1, -0.05) is 20.3 Å². The maximum absolute atomic E-state index is 13.0. The number of likely N-dealkylation sites (N-methyl/N-ethyl adjacent to an activating group) is 1. The van der Waals surface area contributed by atoms with Crippen LogP contribution in [-0.4, -0.2) is 53.8 Å². The molecule has 21 heavy (non-hydrogen) atoms. The molecule has 3 rings (SSSR count). The number of carbonyl (C=O) groups is 2. The van der Waals surface area contributed by atoms with Crippen molar-refractivity contribution in [2.24, 2.45) is 16.6 Å². The summed E-state index contributed by atoms with van der Waals surface area (Å²) >= 11 is 0. The first-order chi connectivity index (χ1) is 9.80. The molecule has 2 heterocycles. The van der Waals surface area contributed by atoms with Crippen LogP contribution in [0.5, 0.6) is 0 Å². The molecule has 1 unspecified atom stereocenters. The molecule has 5 heteroatoms. The van der Waals surface area contributed by atoms with Crippen LogP contribution in [-0.2, 0) is 9.59 Å². The van der Waals surface area contributed by atoms with E-state index < -0.39 is 6.04 Å². The topological polar surface area (TPSA) is 66.6 Å². The molecule has 3 aliphatic rings.